The van der Waals surface area contributed by atoms with Crippen LogP contribution in [0.4, 0.5) is 0 Å². The van der Waals surface area contributed by atoms with E-state index in [2.05, 4.69) is 271 Å². The third kappa shape index (κ3) is 17.1. The van der Waals surface area contributed by atoms with E-state index in [1.54, 1.807) is 0 Å². The maximum absolute atomic E-state index is 9.85. The highest BCUT2D eigenvalue weighted by molar-refractivity contribution is 6.69. The van der Waals surface area contributed by atoms with Gasteiger partial charge in [0.2, 0.25) is 0 Å². The van der Waals surface area contributed by atoms with Gasteiger partial charge in [-0.3, -0.25) is 0 Å². The Balaban J connectivity index is 0.000000154. The van der Waals surface area contributed by atoms with Crippen LogP contribution in [-0.2, 0) is 87.2 Å². The predicted molar refractivity (Wildman–Crippen MR) is 388 cm³/mol. The second-order valence-electron chi connectivity index (χ2n) is 33.9. The van der Waals surface area contributed by atoms with Crippen LogP contribution in [0.2, 0.25) is 27.3 Å². The van der Waals surface area contributed by atoms with Crippen LogP contribution >= 0.6 is 0 Å². The molecule has 480 valence electrons. The maximum Gasteiger partial charge on any atom is 0.533 e. The van der Waals surface area contributed by atoms with Crippen molar-refractivity contribution in [1.29, 1.82) is 0 Å². The average Bonchev–Trinajstić information content (AvgIpc) is 1.65. The van der Waals surface area contributed by atoms with Crippen molar-refractivity contribution >= 4 is 63.8 Å². The minimum absolute atomic E-state index is 0.107. The Kier molecular flexibility index (Phi) is 21.3. The molecule has 0 fully saturated rings. The Morgan fingerprint density at radius 3 is 1.16 bits per heavy atom. The van der Waals surface area contributed by atoms with E-state index in [1.165, 1.54) is 77.5 Å². The van der Waals surface area contributed by atoms with Gasteiger partial charge in [-0.1, -0.05) is 263 Å². The fraction of sp³-hybridized carbons (Fsp3) is 0.526. The van der Waals surface area contributed by atoms with Crippen LogP contribution < -0.4 is 31.2 Å². The molecule has 0 aliphatic carbocycles. The van der Waals surface area contributed by atoms with Crippen molar-refractivity contribution in [3.8, 4) is 11.5 Å². The topological polar surface area (TPSA) is 95.8 Å². The highest BCUT2D eigenvalue weighted by atomic mass is 16.5. The summed E-state index contributed by atoms with van der Waals surface area (Å²) in [6, 6.07) is 39.5. The van der Waals surface area contributed by atoms with Crippen LogP contribution in [0.15, 0.2) is 109 Å². The molecule has 0 aromatic heterocycles. The second kappa shape index (κ2) is 26.5. The van der Waals surface area contributed by atoms with Crippen molar-refractivity contribution in [3.63, 3.8) is 0 Å². The first kappa shape index (κ1) is 72.5. The van der Waals surface area contributed by atoms with E-state index in [4.69, 9.17) is 27.9 Å². The smallest absolute Gasteiger partial charge is 0.533 e. The van der Waals surface area contributed by atoms with E-state index in [9.17, 15) is 10.0 Å². The lowest BCUT2D eigenvalue weighted by Gasteiger charge is -2.24. The van der Waals surface area contributed by atoms with Crippen LogP contribution in [0.3, 0.4) is 0 Å². The lowest BCUT2D eigenvalue weighted by molar-refractivity contribution is 0.124. The number of benzene rings is 6. The molecule has 0 spiro atoms. The Morgan fingerprint density at radius 2 is 0.700 bits per heavy atom. The molecule has 6 aliphatic heterocycles. The molecule has 0 bridgehead atoms. The average molecular weight is 1220 g/mol. The zero-order valence-corrected chi connectivity index (χ0v) is 60.8. The van der Waals surface area contributed by atoms with Crippen LogP contribution in [0, 0.1) is 0 Å². The van der Waals surface area contributed by atoms with Gasteiger partial charge in [-0.2, -0.15) is 0 Å². The minimum atomic E-state index is -0.738. The first-order valence-electron chi connectivity index (χ1n) is 33.2. The summed E-state index contributed by atoms with van der Waals surface area (Å²) in [4.78, 5) is 0. The normalized spacial score (nSPS) is 17.2. The summed E-state index contributed by atoms with van der Waals surface area (Å²) in [6.07, 6.45) is 0.611. The summed E-state index contributed by atoms with van der Waals surface area (Å²) in [7, 11) is -1.39. The summed E-state index contributed by atoms with van der Waals surface area (Å²) in [5.41, 5.74) is 21.9. The van der Waals surface area contributed by atoms with Gasteiger partial charge in [0.15, 0.2) is 0 Å². The van der Waals surface area contributed by atoms with Gasteiger partial charge >= 0.3 is 41.9 Å². The SMILES string of the molecule is CB1OC(C)(C)c2cc(C(C)(C)C)ccc21.CB1OC(C)(C)c2ccc(C(C)(C)C)cc21.CB1OCc2cc(C(C)(C)C)ccc21.CB1OCc2cc(C(C)(C)C)ccc21.CC(C)(C)c1ccc2c(c1)OB(O)C2.CC(C)(C)c1ccc2c(c1)OB(O)C2(C)C. The standard InChI is InChI=1S/2C14H21BO.C13H19BO2.2C12H17BO.C11H15BO2/c1-13(2,3)10-7-8-12-11(9-10)14(4,5)16-15(12)6;1-13(2,3)10-7-8-11-12(9-10)15(6)16-14(11,4)5;1-12(2,3)9-6-7-10-11(8-9)16-14(15)13(10,4)5;2*1-12(2,3)10-5-6-11-9(7-10)8-14-13(11)4;1-11(2,3)9-5-4-8-7-12(13)14-10(8)6-9/h2*7-9H,1-6H3;6-8,15H,1-5H3;2*5-7H,8H2,1-4H3;4-6,13H,7H2,1-3H3. The van der Waals surface area contributed by atoms with Gasteiger partial charge in [-0.15, -0.1) is 0 Å². The molecule has 6 aliphatic rings. The molecule has 6 heterocycles. The molecule has 0 amide bonds. The molecule has 0 unspecified atom stereocenters. The van der Waals surface area contributed by atoms with Crippen molar-refractivity contribution < 1.29 is 38.0 Å². The minimum Gasteiger partial charge on any atom is -0.536 e. The Hall–Kier alpha value is -4.93. The van der Waals surface area contributed by atoms with Crippen molar-refractivity contribution in [2.24, 2.45) is 0 Å². The molecule has 0 saturated carbocycles. The lowest BCUT2D eigenvalue weighted by atomic mass is 9.59. The van der Waals surface area contributed by atoms with Crippen LogP contribution in [0.25, 0.3) is 0 Å². The summed E-state index contributed by atoms with van der Waals surface area (Å²) >= 11 is 0. The summed E-state index contributed by atoms with van der Waals surface area (Å²) in [5, 5.41) is 18.9. The van der Waals surface area contributed by atoms with E-state index in [1.807, 2.05) is 32.0 Å². The molecule has 0 radical (unpaired) electrons. The molecule has 6 aromatic carbocycles. The van der Waals surface area contributed by atoms with Crippen LogP contribution in [-0.4, -0.2) is 51.9 Å². The quantitative estimate of drug-likeness (QED) is 0.145. The Bertz CT molecular complexity index is 3420. The number of hydrogen-bond acceptors (Lipinski definition) is 8. The number of hydrogen-bond donors (Lipinski definition) is 2. The molecular weight excluding hydrogens is 1110 g/mol. The Labute approximate surface area is 548 Å². The number of rotatable bonds is 0. The fourth-order valence-corrected chi connectivity index (χ4v) is 12.4. The second-order valence-corrected chi connectivity index (χ2v) is 33.9. The highest BCUT2D eigenvalue weighted by Gasteiger charge is 2.47. The summed E-state index contributed by atoms with van der Waals surface area (Å²) in [5.74, 6) is 1.66. The zero-order chi connectivity index (χ0) is 67.4. The summed E-state index contributed by atoms with van der Waals surface area (Å²) < 4.78 is 34.0. The third-order valence-corrected chi connectivity index (χ3v) is 18.8. The predicted octanol–water partition coefficient (Wildman–Crippen LogP) is 15.5. The molecule has 8 nitrogen and oxygen atoms in total. The Morgan fingerprint density at radius 1 is 0.344 bits per heavy atom. The third-order valence-electron chi connectivity index (χ3n) is 18.8. The van der Waals surface area contributed by atoms with Crippen LogP contribution in [0.1, 0.15) is 233 Å². The van der Waals surface area contributed by atoms with E-state index in [-0.39, 0.29) is 76.7 Å². The van der Waals surface area contributed by atoms with Gasteiger partial charge < -0.3 is 38.0 Å². The molecule has 14 heteroatoms. The molecule has 6 aromatic rings. The molecule has 0 saturated heterocycles. The van der Waals surface area contributed by atoms with Crippen molar-refractivity contribution in [3.05, 3.63) is 176 Å². The van der Waals surface area contributed by atoms with Gasteiger partial charge in [-0.25, -0.2) is 0 Å². The molecule has 90 heavy (non-hydrogen) atoms. The van der Waals surface area contributed by atoms with Crippen LogP contribution in [0.5, 0.6) is 11.5 Å². The molecular formula is C76H110B6O8. The van der Waals surface area contributed by atoms with E-state index >= 15 is 0 Å². The number of fused-ring (bicyclic) bond motifs is 6. The first-order chi connectivity index (χ1) is 41.1. The van der Waals surface area contributed by atoms with E-state index in [0.717, 1.165) is 35.8 Å². The van der Waals surface area contributed by atoms with Crippen molar-refractivity contribution in [2.75, 3.05) is 0 Å². The van der Waals surface area contributed by atoms with Gasteiger partial charge in [-0.05, 0) is 161 Å². The van der Waals surface area contributed by atoms with E-state index in [0.29, 0.717) is 6.32 Å². The molecule has 2 N–H and O–H groups in total. The monoisotopic (exact) mass is 1220 g/mol. The van der Waals surface area contributed by atoms with Gasteiger partial charge in [0, 0.05) is 11.6 Å². The summed E-state index contributed by atoms with van der Waals surface area (Å²) in [6.45, 7) is 63.6. The van der Waals surface area contributed by atoms with Crippen molar-refractivity contribution in [1.82, 2.24) is 0 Å². The highest BCUT2D eigenvalue weighted by Crippen LogP contribution is 2.43. The first-order valence-corrected chi connectivity index (χ1v) is 33.2. The van der Waals surface area contributed by atoms with Gasteiger partial charge in [0.05, 0.1) is 24.4 Å². The zero-order valence-electron chi connectivity index (χ0n) is 60.8. The fourth-order valence-electron chi connectivity index (χ4n) is 12.4. The van der Waals surface area contributed by atoms with Crippen molar-refractivity contribution in [2.45, 2.75) is 262 Å². The molecule has 12 rings (SSSR count). The largest absolute Gasteiger partial charge is 0.536 e. The van der Waals surface area contributed by atoms with E-state index < -0.39 is 14.2 Å². The maximum atomic E-state index is 9.85. The lowest BCUT2D eigenvalue weighted by Crippen LogP contribution is -2.37. The molecule has 0 atom stereocenters. The van der Waals surface area contributed by atoms with Gasteiger partial charge in [0.25, 0.3) is 0 Å². The van der Waals surface area contributed by atoms with Gasteiger partial charge in [0.1, 0.15) is 11.5 Å².